The van der Waals surface area contributed by atoms with Crippen LogP contribution >= 0.6 is 0 Å². The molecule has 0 aliphatic rings. The lowest BCUT2D eigenvalue weighted by atomic mass is 10.0. The Morgan fingerprint density at radius 1 is 1.04 bits per heavy atom. The van der Waals surface area contributed by atoms with Gasteiger partial charge in [0.15, 0.2) is 6.61 Å². The highest BCUT2D eigenvalue weighted by atomic mass is 16.5. The Hall–Kier alpha value is -3.02. The van der Waals surface area contributed by atoms with Crippen LogP contribution in [0.2, 0.25) is 0 Å². The van der Waals surface area contributed by atoms with Gasteiger partial charge in [-0.3, -0.25) is 4.79 Å². The molecular formula is C18H21N3O3. The van der Waals surface area contributed by atoms with Crippen LogP contribution in [0.5, 0.6) is 5.75 Å². The summed E-state index contributed by atoms with van der Waals surface area (Å²) in [5.41, 5.74) is 7.32. The Balaban J connectivity index is 1.88. The van der Waals surface area contributed by atoms with E-state index in [1.807, 2.05) is 24.3 Å². The van der Waals surface area contributed by atoms with Crippen LogP contribution in [0.25, 0.3) is 0 Å². The van der Waals surface area contributed by atoms with Gasteiger partial charge >= 0.3 is 6.03 Å². The summed E-state index contributed by atoms with van der Waals surface area (Å²) in [6.07, 6.45) is 0. The molecule has 0 heterocycles. The maximum Gasteiger partial charge on any atom is 0.316 e. The molecule has 0 fully saturated rings. The number of hydrogen-bond acceptors (Lipinski definition) is 3. The lowest BCUT2D eigenvalue weighted by molar-refractivity contribution is -0.118. The minimum atomic E-state index is -0.661. The summed E-state index contributed by atoms with van der Waals surface area (Å²) in [4.78, 5) is 22.8. The first-order valence-corrected chi connectivity index (χ1v) is 7.63. The maximum absolute atomic E-state index is 11.9. The predicted molar refractivity (Wildman–Crippen MR) is 94.3 cm³/mol. The van der Waals surface area contributed by atoms with Crippen molar-refractivity contribution in [3.8, 4) is 5.75 Å². The van der Waals surface area contributed by atoms with E-state index in [0.717, 1.165) is 0 Å². The molecule has 0 saturated carbocycles. The van der Waals surface area contributed by atoms with Crippen molar-refractivity contribution in [2.75, 3.05) is 17.2 Å². The third kappa shape index (κ3) is 5.31. The highest BCUT2D eigenvalue weighted by Gasteiger charge is 2.06. The fraction of sp³-hybridized carbons (Fsp3) is 0.222. The zero-order valence-electron chi connectivity index (χ0n) is 13.7. The zero-order chi connectivity index (χ0) is 17.5. The van der Waals surface area contributed by atoms with Crippen LogP contribution in [-0.2, 0) is 4.79 Å². The molecule has 0 bridgehead atoms. The summed E-state index contributed by atoms with van der Waals surface area (Å²) in [5.74, 6) is 0.793. The average molecular weight is 327 g/mol. The van der Waals surface area contributed by atoms with Gasteiger partial charge in [0.25, 0.3) is 5.91 Å². The molecule has 0 radical (unpaired) electrons. The molecule has 3 amide bonds. The summed E-state index contributed by atoms with van der Waals surface area (Å²) in [5, 5.41) is 5.15. The summed E-state index contributed by atoms with van der Waals surface area (Å²) >= 11 is 0. The van der Waals surface area contributed by atoms with Gasteiger partial charge < -0.3 is 21.1 Å². The van der Waals surface area contributed by atoms with Gasteiger partial charge in [-0.05, 0) is 41.8 Å². The molecule has 4 N–H and O–H groups in total. The number of ether oxygens (including phenoxy) is 1. The summed E-state index contributed by atoms with van der Waals surface area (Å²) < 4.78 is 5.47. The van der Waals surface area contributed by atoms with E-state index in [1.165, 1.54) is 5.56 Å². The fourth-order valence-corrected chi connectivity index (χ4v) is 2.11. The number of benzene rings is 2. The predicted octanol–water partition coefficient (Wildman–Crippen LogP) is 3.32. The van der Waals surface area contributed by atoms with Crippen molar-refractivity contribution in [2.24, 2.45) is 5.73 Å². The molecule has 0 spiro atoms. The smallest absolute Gasteiger partial charge is 0.316 e. The quantitative estimate of drug-likeness (QED) is 0.759. The van der Waals surface area contributed by atoms with Crippen molar-refractivity contribution in [3.63, 3.8) is 0 Å². The van der Waals surface area contributed by atoms with Gasteiger partial charge in [0.05, 0.1) is 0 Å². The van der Waals surface area contributed by atoms with E-state index in [-0.39, 0.29) is 12.5 Å². The van der Waals surface area contributed by atoms with E-state index < -0.39 is 6.03 Å². The van der Waals surface area contributed by atoms with Crippen molar-refractivity contribution in [3.05, 3.63) is 54.1 Å². The van der Waals surface area contributed by atoms with E-state index in [2.05, 4.69) is 24.5 Å². The number of urea groups is 1. The highest BCUT2D eigenvalue weighted by molar-refractivity contribution is 5.93. The Kier molecular flexibility index (Phi) is 5.78. The monoisotopic (exact) mass is 327 g/mol. The van der Waals surface area contributed by atoms with Gasteiger partial charge in [-0.15, -0.1) is 0 Å². The number of nitrogens with one attached hydrogen (secondary N) is 2. The summed E-state index contributed by atoms with van der Waals surface area (Å²) in [6.45, 7) is 4.13. The van der Waals surface area contributed by atoms with Gasteiger partial charge in [0, 0.05) is 11.4 Å². The molecule has 2 aromatic rings. The zero-order valence-corrected chi connectivity index (χ0v) is 13.7. The van der Waals surface area contributed by atoms with Crippen LogP contribution in [0.3, 0.4) is 0 Å². The van der Waals surface area contributed by atoms with Gasteiger partial charge in [-0.25, -0.2) is 4.79 Å². The second-order valence-electron chi connectivity index (χ2n) is 5.63. The van der Waals surface area contributed by atoms with E-state index in [0.29, 0.717) is 23.0 Å². The van der Waals surface area contributed by atoms with Crippen LogP contribution < -0.4 is 21.1 Å². The molecule has 0 atom stereocenters. The van der Waals surface area contributed by atoms with Gasteiger partial charge in [-0.1, -0.05) is 32.0 Å². The number of nitrogens with two attached hydrogens (primary N) is 1. The van der Waals surface area contributed by atoms with Crippen LogP contribution in [0.1, 0.15) is 25.3 Å². The van der Waals surface area contributed by atoms with Gasteiger partial charge in [0.1, 0.15) is 5.75 Å². The molecule has 126 valence electrons. The summed E-state index contributed by atoms with van der Waals surface area (Å²) in [7, 11) is 0. The first kappa shape index (κ1) is 17.3. The number of primary amides is 1. The Morgan fingerprint density at radius 2 is 1.67 bits per heavy atom. The first-order valence-electron chi connectivity index (χ1n) is 7.63. The largest absolute Gasteiger partial charge is 0.484 e. The normalized spacial score (nSPS) is 10.3. The van der Waals surface area contributed by atoms with Crippen LogP contribution in [0.4, 0.5) is 16.2 Å². The van der Waals surface area contributed by atoms with E-state index >= 15 is 0 Å². The van der Waals surface area contributed by atoms with Gasteiger partial charge in [0.2, 0.25) is 0 Å². The average Bonchev–Trinajstić information content (AvgIpc) is 2.53. The van der Waals surface area contributed by atoms with E-state index in [9.17, 15) is 9.59 Å². The number of anilines is 2. The number of carbonyl (C=O) groups excluding carboxylic acids is 2. The molecule has 6 nitrogen and oxygen atoms in total. The number of rotatable bonds is 6. The molecule has 0 unspecified atom stereocenters. The molecule has 2 aromatic carbocycles. The lowest BCUT2D eigenvalue weighted by Crippen LogP contribution is -2.21. The molecule has 24 heavy (non-hydrogen) atoms. The molecule has 0 saturated heterocycles. The highest BCUT2D eigenvalue weighted by Crippen LogP contribution is 2.19. The van der Waals surface area contributed by atoms with Crippen molar-refractivity contribution in [2.45, 2.75) is 19.8 Å². The standard InChI is InChI=1S/C18H21N3O3/c1-12(2)13-6-8-16(9-7-13)24-11-17(22)20-14-4-3-5-15(10-14)21-18(19)23/h3-10,12H,11H2,1-2H3,(H,20,22)(H3,19,21,23). The molecule has 6 heteroatoms. The SMILES string of the molecule is CC(C)c1ccc(OCC(=O)Nc2cccc(NC(N)=O)c2)cc1. The topological polar surface area (TPSA) is 93.4 Å². The molecule has 0 aliphatic heterocycles. The number of hydrogen-bond donors (Lipinski definition) is 3. The Bertz CT molecular complexity index is 712. The van der Waals surface area contributed by atoms with Crippen LogP contribution in [0, 0.1) is 0 Å². The Labute approximate surface area is 141 Å². The van der Waals surface area contributed by atoms with E-state index in [4.69, 9.17) is 10.5 Å². The minimum absolute atomic E-state index is 0.103. The third-order valence-corrected chi connectivity index (χ3v) is 3.33. The fourth-order valence-electron chi connectivity index (χ4n) is 2.11. The first-order chi connectivity index (χ1) is 11.4. The van der Waals surface area contributed by atoms with Crippen LogP contribution in [0.15, 0.2) is 48.5 Å². The molecular weight excluding hydrogens is 306 g/mol. The van der Waals surface area contributed by atoms with Crippen molar-refractivity contribution in [1.29, 1.82) is 0 Å². The van der Waals surface area contributed by atoms with Crippen molar-refractivity contribution in [1.82, 2.24) is 0 Å². The lowest BCUT2D eigenvalue weighted by Gasteiger charge is -2.10. The van der Waals surface area contributed by atoms with Crippen molar-refractivity contribution >= 4 is 23.3 Å². The third-order valence-electron chi connectivity index (χ3n) is 3.33. The maximum atomic E-state index is 11.9. The number of amides is 3. The molecule has 0 aliphatic carbocycles. The summed E-state index contributed by atoms with van der Waals surface area (Å²) in [6, 6.07) is 13.7. The second-order valence-corrected chi connectivity index (χ2v) is 5.63. The molecule has 0 aromatic heterocycles. The van der Waals surface area contributed by atoms with Crippen LogP contribution in [-0.4, -0.2) is 18.5 Å². The minimum Gasteiger partial charge on any atom is -0.484 e. The second kappa shape index (κ2) is 8.01. The van der Waals surface area contributed by atoms with Gasteiger partial charge in [-0.2, -0.15) is 0 Å². The Morgan fingerprint density at radius 3 is 2.25 bits per heavy atom. The number of carbonyl (C=O) groups is 2. The molecule has 2 rings (SSSR count). The van der Waals surface area contributed by atoms with Crippen molar-refractivity contribution < 1.29 is 14.3 Å². The van der Waals surface area contributed by atoms with E-state index in [1.54, 1.807) is 24.3 Å².